The van der Waals surface area contributed by atoms with E-state index in [2.05, 4.69) is 0 Å². The summed E-state index contributed by atoms with van der Waals surface area (Å²) in [5, 5.41) is 1.40. The predicted molar refractivity (Wildman–Crippen MR) is 120 cm³/mol. The standard InChI is InChI=1S/C23H23NO6S/c1-27-19-11-10-16-17-12-20(28-2)21(29-3)13-18(17)24(22(16)23(19)30-4)31(25,26)14-15-8-6-5-7-9-15/h5-13H,14H2,1-4H3. The molecule has 4 aromatic rings. The van der Waals surface area contributed by atoms with Crippen molar-refractivity contribution < 1.29 is 27.4 Å². The van der Waals surface area contributed by atoms with Gasteiger partial charge in [-0.1, -0.05) is 30.3 Å². The highest BCUT2D eigenvalue weighted by molar-refractivity contribution is 7.89. The molecule has 3 aromatic carbocycles. The average Bonchev–Trinajstić information content (AvgIpc) is 3.11. The van der Waals surface area contributed by atoms with Gasteiger partial charge in [0, 0.05) is 16.8 Å². The largest absolute Gasteiger partial charge is 0.493 e. The molecule has 31 heavy (non-hydrogen) atoms. The highest BCUT2D eigenvalue weighted by Gasteiger charge is 2.27. The van der Waals surface area contributed by atoms with Crippen LogP contribution in [-0.4, -0.2) is 40.8 Å². The van der Waals surface area contributed by atoms with Gasteiger partial charge in [0.05, 0.1) is 39.7 Å². The molecule has 0 amide bonds. The SMILES string of the molecule is COc1cc2c3ccc(OC)c(OC)c3n(S(=O)(=O)Cc3ccccc3)c2cc1OC. The molecule has 8 heteroatoms. The van der Waals surface area contributed by atoms with Gasteiger partial charge in [0.25, 0.3) is 0 Å². The van der Waals surface area contributed by atoms with Crippen LogP contribution in [0, 0.1) is 0 Å². The van der Waals surface area contributed by atoms with Crippen LogP contribution in [-0.2, 0) is 15.8 Å². The molecule has 1 heterocycles. The molecule has 0 radical (unpaired) electrons. The Balaban J connectivity index is 2.14. The summed E-state index contributed by atoms with van der Waals surface area (Å²) in [6.07, 6.45) is 0. The zero-order valence-electron chi connectivity index (χ0n) is 17.7. The zero-order valence-corrected chi connectivity index (χ0v) is 18.5. The van der Waals surface area contributed by atoms with Crippen LogP contribution in [0.2, 0.25) is 0 Å². The van der Waals surface area contributed by atoms with Gasteiger partial charge in [-0.3, -0.25) is 0 Å². The van der Waals surface area contributed by atoms with Crippen molar-refractivity contribution in [1.82, 2.24) is 3.97 Å². The van der Waals surface area contributed by atoms with Crippen LogP contribution in [0.5, 0.6) is 23.0 Å². The number of ether oxygens (including phenoxy) is 4. The second-order valence-electron chi connectivity index (χ2n) is 6.93. The third-order valence-corrected chi connectivity index (χ3v) is 6.84. The molecule has 0 atom stereocenters. The third-order valence-electron chi connectivity index (χ3n) is 5.20. The first kappa shape index (κ1) is 20.9. The molecule has 0 fully saturated rings. The van der Waals surface area contributed by atoms with Gasteiger partial charge >= 0.3 is 0 Å². The number of fused-ring (bicyclic) bond motifs is 3. The van der Waals surface area contributed by atoms with Crippen molar-refractivity contribution in [3.05, 3.63) is 60.2 Å². The summed E-state index contributed by atoms with van der Waals surface area (Å²) in [6, 6.07) is 16.1. The summed E-state index contributed by atoms with van der Waals surface area (Å²) < 4.78 is 50.7. The quantitative estimate of drug-likeness (QED) is 0.428. The summed E-state index contributed by atoms with van der Waals surface area (Å²) in [5.74, 6) is 1.53. The van der Waals surface area contributed by atoms with Crippen molar-refractivity contribution in [3.8, 4) is 23.0 Å². The fourth-order valence-electron chi connectivity index (χ4n) is 3.84. The van der Waals surface area contributed by atoms with E-state index < -0.39 is 10.0 Å². The molecule has 162 valence electrons. The van der Waals surface area contributed by atoms with E-state index >= 15 is 0 Å². The molecule has 0 aliphatic carbocycles. The van der Waals surface area contributed by atoms with Crippen LogP contribution < -0.4 is 18.9 Å². The van der Waals surface area contributed by atoms with Gasteiger partial charge in [0.2, 0.25) is 10.0 Å². The molecule has 0 aliphatic rings. The number of nitrogens with zero attached hydrogens (tertiary/aromatic N) is 1. The highest BCUT2D eigenvalue weighted by Crippen LogP contribution is 2.44. The van der Waals surface area contributed by atoms with E-state index in [4.69, 9.17) is 18.9 Å². The molecule has 0 saturated heterocycles. The lowest BCUT2D eigenvalue weighted by molar-refractivity contribution is 0.356. The first-order valence-electron chi connectivity index (χ1n) is 9.53. The van der Waals surface area contributed by atoms with Gasteiger partial charge < -0.3 is 18.9 Å². The van der Waals surface area contributed by atoms with Crippen LogP contribution >= 0.6 is 0 Å². The average molecular weight is 442 g/mol. The molecule has 7 nitrogen and oxygen atoms in total. The Morgan fingerprint density at radius 2 is 1.39 bits per heavy atom. The van der Waals surface area contributed by atoms with Crippen molar-refractivity contribution in [3.63, 3.8) is 0 Å². The fourth-order valence-corrected chi connectivity index (χ4v) is 5.49. The lowest BCUT2D eigenvalue weighted by atomic mass is 10.1. The Labute approximate surface area is 180 Å². The predicted octanol–water partition coefficient (Wildman–Crippen LogP) is 4.21. The summed E-state index contributed by atoms with van der Waals surface area (Å²) in [7, 11) is 2.22. The maximum absolute atomic E-state index is 13.7. The number of aromatic nitrogens is 1. The summed E-state index contributed by atoms with van der Waals surface area (Å²) in [6.45, 7) is 0. The second-order valence-corrected chi connectivity index (χ2v) is 8.75. The number of rotatable bonds is 7. The van der Waals surface area contributed by atoms with Crippen LogP contribution in [0.4, 0.5) is 0 Å². The van der Waals surface area contributed by atoms with Gasteiger partial charge in [0.1, 0.15) is 5.52 Å². The smallest absolute Gasteiger partial charge is 0.243 e. The molecule has 0 N–H and O–H groups in total. The molecule has 0 bridgehead atoms. The maximum atomic E-state index is 13.7. The van der Waals surface area contributed by atoms with E-state index in [1.807, 2.05) is 24.3 Å². The van der Waals surface area contributed by atoms with Crippen molar-refractivity contribution in [1.29, 1.82) is 0 Å². The molecular formula is C23H23NO6S. The maximum Gasteiger partial charge on any atom is 0.243 e. The highest BCUT2D eigenvalue weighted by atomic mass is 32.2. The lowest BCUT2D eigenvalue weighted by Crippen LogP contribution is -2.15. The molecular weight excluding hydrogens is 418 g/mol. The normalized spacial score (nSPS) is 11.6. The minimum Gasteiger partial charge on any atom is -0.493 e. The summed E-state index contributed by atoms with van der Waals surface area (Å²) in [4.78, 5) is 0. The van der Waals surface area contributed by atoms with Crippen LogP contribution in [0.25, 0.3) is 21.8 Å². The molecule has 0 spiro atoms. The Morgan fingerprint density at radius 3 is 2.00 bits per heavy atom. The van der Waals surface area contributed by atoms with E-state index in [1.165, 1.54) is 25.3 Å². The molecule has 0 saturated carbocycles. The minimum atomic E-state index is -3.84. The number of benzene rings is 3. The molecule has 1 aromatic heterocycles. The molecule has 0 aliphatic heterocycles. The van der Waals surface area contributed by atoms with Crippen LogP contribution in [0.1, 0.15) is 5.56 Å². The van der Waals surface area contributed by atoms with E-state index in [0.29, 0.717) is 50.4 Å². The first-order chi connectivity index (χ1) is 14.9. The van der Waals surface area contributed by atoms with Gasteiger partial charge in [-0.15, -0.1) is 0 Å². The van der Waals surface area contributed by atoms with Crippen molar-refractivity contribution in [2.75, 3.05) is 28.4 Å². The topological polar surface area (TPSA) is 76.0 Å². The van der Waals surface area contributed by atoms with Gasteiger partial charge in [-0.25, -0.2) is 12.4 Å². The van der Waals surface area contributed by atoms with Gasteiger partial charge in [0.15, 0.2) is 23.0 Å². The third kappa shape index (κ3) is 3.42. The molecule has 4 rings (SSSR count). The number of methoxy groups -OCH3 is 4. The Morgan fingerprint density at radius 1 is 0.742 bits per heavy atom. The summed E-state index contributed by atoms with van der Waals surface area (Å²) in [5.41, 5.74) is 1.55. The zero-order chi connectivity index (χ0) is 22.2. The first-order valence-corrected chi connectivity index (χ1v) is 11.1. The minimum absolute atomic E-state index is 0.179. The monoisotopic (exact) mass is 441 g/mol. The Hall–Kier alpha value is -3.39. The number of hydrogen-bond donors (Lipinski definition) is 0. The van der Waals surface area contributed by atoms with E-state index in [-0.39, 0.29) is 5.75 Å². The van der Waals surface area contributed by atoms with E-state index in [9.17, 15) is 8.42 Å². The van der Waals surface area contributed by atoms with Gasteiger partial charge in [-0.05, 0) is 23.8 Å². The second kappa shape index (κ2) is 8.03. The molecule has 0 unspecified atom stereocenters. The van der Waals surface area contributed by atoms with Crippen LogP contribution in [0.15, 0.2) is 54.6 Å². The summed E-state index contributed by atoms with van der Waals surface area (Å²) >= 11 is 0. The number of hydrogen-bond acceptors (Lipinski definition) is 6. The Kier molecular flexibility index (Phi) is 5.41. The van der Waals surface area contributed by atoms with Crippen molar-refractivity contribution in [2.45, 2.75) is 5.75 Å². The fraction of sp³-hybridized carbons (Fsp3) is 0.217. The van der Waals surface area contributed by atoms with Crippen LogP contribution in [0.3, 0.4) is 0 Å². The van der Waals surface area contributed by atoms with E-state index in [1.54, 1.807) is 37.4 Å². The van der Waals surface area contributed by atoms with E-state index in [0.717, 1.165) is 0 Å². The Bertz CT molecular complexity index is 1360. The lowest BCUT2D eigenvalue weighted by Gasteiger charge is -2.14. The van der Waals surface area contributed by atoms with Crippen molar-refractivity contribution >= 4 is 31.8 Å². The van der Waals surface area contributed by atoms with Gasteiger partial charge in [-0.2, -0.15) is 0 Å². The van der Waals surface area contributed by atoms with Crippen molar-refractivity contribution in [2.24, 2.45) is 0 Å².